The largest absolute Gasteiger partial charge is 0.310 e. The lowest BCUT2D eigenvalue weighted by Crippen LogP contribution is -2.27. The van der Waals surface area contributed by atoms with Crippen molar-refractivity contribution in [3.63, 3.8) is 0 Å². The van der Waals surface area contributed by atoms with Crippen LogP contribution in [0.1, 0.15) is 54.5 Å². The van der Waals surface area contributed by atoms with Gasteiger partial charge in [0.15, 0.2) is 0 Å². The van der Waals surface area contributed by atoms with E-state index < -0.39 is 0 Å². The van der Waals surface area contributed by atoms with Gasteiger partial charge in [0.05, 0.1) is 0 Å². The third-order valence-corrected chi connectivity index (χ3v) is 4.63. The molecule has 2 nitrogen and oxygen atoms in total. The zero-order chi connectivity index (χ0) is 14.7. The number of pyridine rings is 1. The van der Waals surface area contributed by atoms with Crippen molar-refractivity contribution in [3.8, 4) is 0 Å². The van der Waals surface area contributed by atoms with Crippen LogP contribution in [0.15, 0.2) is 42.7 Å². The molecule has 110 valence electrons. The molecule has 0 amide bonds. The maximum atomic E-state index is 4.28. The molecule has 2 atom stereocenters. The van der Waals surface area contributed by atoms with Crippen molar-refractivity contribution < 1.29 is 0 Å². The monoisotopic (exact) mass is 280 g/mol. The summed E-state index contributed by atoms with van der Waals surface area (Å²) in [6.45, 7) is 5.40. The zero-order valence-corrected chi connectivity index (χ0v) is 13.0. The van der Waals surface area contributed by atoms with E-state index in [1.807, 2.05) is 12.4 Å². The van der Waals surface area contributed by atoms with Crippen LogP contribution >= 0.6 is 0 Å². The van der Waals surface area contributed by atoms with Gasteiger partial charge in [0.2, 0.25) is 0 Å². The number of benzene rings is 1. The normalized spacial score (nSPS) is 17.9. The minimum Gasteiger partial charge on any atom is -0.310 e. The molecule has 21 heavy (non-hydrogen) atoms. The lowest BCUT2D eigenvalue weighted by molar-refractivity contribution is 0.433. The number of hydrogen-bond donors (Lipinski definition) is 1. The second-order valence-electron chi connectivity index (χ2n) is 5.87. The van der Waals surface area contributed by atoms with E-state index in [4.69, 9.17) is 0 Å². The molecule has 2 unspecified atom stereocenters. The van der Waals surface area contributed by atoms with Crippen molar-refractivity contribution in [3.05, 3.63) is 65.0 Å². The minimum absolute atomic E-state index is 0.436. The molecule has 0 spiro atoms. The van der Waals surface area contributed by atoms with E-state index in [9.17, 15) is 0 Å². The molecule has 1 aliphatic rings. The molecule has 1 heterocycles. The average Bonchev–Trinajstić information content (AvgIpc) is 2.51. The first-order valence-corrected chi connectivity index (χ1v) is 8.07. The van der Waals surface area contributed by atoms with Crippen LogP contribution in [0.3, 0.4) is 0 Å². The van der Waals surface area contributed by atoms with Crippen LogP contribution in [-0.2, 0) is 12.8 Å². The van der Waals surface area contributed by atoms with Crippen LogP contribution in [0, 0.1) is 0 Å². The number of nitrogens with one attached hydrogen (secondary N) is 1. The smallest absolute Gasteiger partial charge is 0.0329 e. The van der Waals surface area contributed by atoms with Crippen molar-refractivity contribution in [2.24, 2.45) is 0 Å². The van der Waals surface area contributed by atoms with Gasteiger partial charge >= 0.3 is 0 Å². The Kier molecular flexibility index (Phi) is 4.35. The van der Waals surface area contributed by atoms with Crippen molar-refractivity contribution in [2.75, 3.05) is 6.54 Å². The highest BCUT2D eigenvalue weighted by Crippen LogP contribution is 2.41. The van der Waals surface area contributed by atoms with Gasteiger partial charge in [0.1, 0.15) is 0 Å². The Morgan fingerprint density at radius 2 is 2.10 bits per heavy atom. The van der Waals surface area contributed by atoms with E-state index in [-0.39, 0.29) is 0 Å². The lowest BCUT2D eigenvalue weighted by Gasteiger charge is -2.34. The summed E-state index contributed by atoms with van der Waals surface area (Å²) in [5.41, 5.74) is 5.88. The maximum absolute atomic E-state index is 4.28. The van der Waals surface area contributed by atoms with Gasteiger partial charge in [0.25, 0.3) is 0 Å². The fourth-order valence-corrected chi connectivity index (χ4v) is 3.50. The van der Waals surface area contributed by atoms with Crippen molar-refractivity contribution in [1.29, 1.82) is 0 Å². The van der Waals surface area contributed by atoms with Crippen LogP contribution in [0.4, 0.5) is 0 Å². The van der Waals surface area contributed by atoms with E-state index in [0.29, 0.717) is 12.0 Å². The SMILES string of the molecule is CCNC(CC1Cc2ccccc21)c1ccncc1CC. The van der Waals surface area contributed by atoms with Gasteiger partial charge in [0, 0.05) is 18.4 Å². The Morgan fingerprint density at radius 3 is 2.86 bits per heavy atom. The van der Waals surface area contributed by atoms with Crippen LogP contribution in [0.5, 0.6) is 0 Å². The highest BCUT2D eigenvalue weighted by atomic mass is 14.9. The fourth-order valence-electron chi connectivity index (χ4n) is 3.50. The number of hydrogen-bond acceptors (Lipinski definition) is 2. The van der Waals surface area contributed by atoms with E-state index in [2.05, 4.69) is 54.5 Å². The Hall–Kier alpha value is -1.67. The van der Waals surface area contributed by atoms with Crippen molar-refractivity contribution >= 4 is 0 Å². The molecule has 0 radical (unpaired) electrons. The first-order valence-electron chi connectivity index (χ1n) is 8.07. The summed E-state index contributed by atoms with van der Waals surface area (Å²) in [7, 11) is 0. The standard InChI is InChI=1S/C19H24N2/c1-3-14-13-20-10-9-18(14)19(21-4-2)12-16-11-15-7-5-6-8-17(15)16/h5-10,13,16,19,21H,3-4,11-12H2,1-2H3. The molecule has 2 aromatic rings. The van der Waals surface area contributed by atoms with E-state index in [1.165, 1.54) is 29.5 Å². The van der Waals surface area contributed by atoms with Gasteiger partial charge in [-0.2, -0.15) is 0 Å². The number of aryl methyl sites for hydroxylation is 1. The van der Waals surface area contributed by atoms with Gasteiger partial charge in [-0.1, -0.05) is 38.1 Å². The lowest BCUT2D eigenvalue weighted by atomic mass is 9.73. The molecule has 2 heteroatoms. The van der Waals surface area contributed by atoms with Crippen LogP contribution < -0.4 is 5.32 Å². The summed E-state index contributed by atoms with van der Waals surface area (Å²) in [5, 5.41) is 3.68. The Bertz CT molecular complexity index is 606. The van der Waals surface area contributed by atoms with E-state index in [1.54, 1.807) is 5.56 Å². The van der Waals surface area contributed by atoms with Gasteiger partial charge in [-0.15, -0.1) is 0 Å². The third-order valence-electron chi connectivity index (χ3n) is 4.63. The number of rotatable bonds is 6. The highest BCUT2D eigenvalue weighted by molar-refractivity contribution is 5.40. The number of fused-ring (bicyclic) bond motifs is 1. The first-order chi connectivity index (χ1) is 10.3. The molecular weight excluding hydrogens is 256 g/mol. The van der Waals surface area contributed by atoms with Gasteiger partial charge in [-0.25, -0.2) is 0 Å². The average molecular weight is 280 g/mol. The minimum atomic E-state index is 0.436. The molecule has 0 fully saturated rings. The summed E-state index contributed by atoms with van der Waals surface area (Å²) >= 11 is 0. The van der Waals surface area contributed by atoms with E-state index >= 15 is 0 Å². The molecular formula is C19H24N2. The molecule has 0 saturated carbocycles. The Labute approximate surface area is 127 Å². The van der Waals surface area contributed by atoms with Gasteiger partial charge in [-0.05, 0) is 60.0 Å². The molecule has 3 rings (SSSR count). The Balaban J connectivity index is 1.80. The second-order valence-corrected chi connectivity index (χ2v) is 5.87. The predicted molar refractivity (Wildman–Crippen MR) is 87.5 cm³/mol. The number of aromatic nitrogens is 1. The molecule has 0 saturated heterocycles. The van der Waals surface area contributed by atoms with Gasteiger partial charge in [-0.3, -0.25) is 4.98 Å². The summed E-state index contributed by atoms with van der Waals surface area (Å²) < 4.78 is 0. The fraction of sp³-hybridized carbons (Fsp3) is 0.421. The molecule has 1 aromatic carbocycles. The quantitative estimate of drug-likeness (QED) is 0.864. The van der Waals surface area contributed by atoms with Crippen molar-refractivity contribution in [1.82, 2.24) is 10.3 Å². The first kappa shape index (κ1) is 14.3. The zero-order valence-electron chi connectivity index (χ0n) is 13.0. The maximum Gasteiger partial charge on any atom is 0.0329 e. The molecule has 1 N–H and O–H groups in total. The summed E-state index contributed by atoms with van der Waals surface area (Å²) in [6.07, 6.45) is 7.40. The second kappa shape index (κ2) is 6.40. The summed E-state index contributed by atoms with van der Waals surface area (Å²) in [5.74, 6) is 0.697. The van der Waals surface area contributed by atoms with Crippen LogP contribution in [-0.4, -0.2) is 11.5 Å². The topological polar surface area (TPSA) is 24.9 Å². The summed E-state index contributed by atoms with van der Waals surface area (Å²) in [6, 6.07) is 11.5. The predicted octanol–water partition coefficient (Wildman–Crippen LogP) is 4.02. The third kappa shape index (κ3) is 2.86. The highest BCUT2D eigenvalue weighted by Gasteiger charge is 2.28. The van der Waals surface area contributed by atoms with Crippen molar-refractivity contribution in [2.45, 2.75) is 45.1 Å². The Morgan fingerprint density at radius 1 is 1.24 bits per heavy atom. The van der Waals surface area contributed by atoms with Gasteiger partial charge < -0.3 is 5.32 Å². The molecule has 0 bridgehead atoms. The number of nitrogens with zero attached hydrogens (tertiary/aromatic N) is 1. The summed E-state index contributed by atoms with van der Waals surface area (Å²) in [4.78, 5) is 4.28. The van der Waals surface area contributed by atoms with E-state index in [0.717, 1.165) is 13.0 Å². The molecule has 1 aromatic heterocycles. The molecule has 0 aliphatic heterocycles. The van der Waals surface area contributed by atoms with Crippen LogP contribution in [0.2, 0.25) is 0 Å². The molecule has 1 aliphatic carbocycles. The van der Waals surface area contributed by atoms with Crippen LogP contribution in [0.25, 0.3) is 0 Å².